The first-order valence-corrected chi connectivity index (χ1v) is 8.38. The predicted octanol–water partition coefficient (Wildman–Crippen LogP) is 2.85. The van der Waals surface area contributed by atoms with Crippen LogP contribution in [0, 0.1) is 0 Å². The number of fused-ring (bicyclic) bond motifs is 2. The number of carboxylic acids is 1. The molecule has 0 unspecified atom stereocenters. The number of carbonyl (C=O) groups is 1. The summed E-state index contributed by atoms with van der Waals surface area (Å²) in [5.41, 5.74) is 10.1. The van der Waals surface area contributed by atoms with Crippen LogP contribution in [-0.4, -0.2) is 20.5 Å². The van der Waals surface area contributed by atoms with E-state index in [1.54, 1.807) is 6.07 Å². The molecule has 0 radical (unpaired) electrons. The van der Waals surface area contributed by atoms with Gasteiger partial charge in [0.1, 0.15) is 5.65 Å². The summed E-state index contributed by atoms with van der Waals surface area (Å²) in [6.07, 6.45) is 5.67. The number of hydrogen-bond donors (Lipinski definition) is 2. The van der Waals surface area contributed by atoms with E-state index in [1.807, 2.05) is 30.3 Å². The second kappa shape index (κ2) is 6.15. The molecule has 0 saturated carbocycles. The molecule has 6 nitrogen and oxygen atoms in total. The van der Waals surface area contributed by atoms with Crippen molar-refractivity contribution in [1.29, 1.82) is 0 Å². The third-order valence-electron chi connectivity index (χ3n) is 4.59. The van der Waals surface area contributed by atoms with E-state index in [-0.39, 0.29) is 11.1 Å². The Morgan fingerprint density at radius 1 is 1.23 bits per heavy atom. The minimum absolute atomic E-state index is 0.0627. The number of aromatic nitrogens is 2. The van der Waals surface area contributed by atoms with Crippen LogP contribution in [0.4, 0.5) is 5.69 Å². The van der Waals surface area contributed by atoms with Gasteiger partial charge in [-0.3, -0.25) is 9.20 Å². The van der Waals surface area contributed by atoms with Crippen molar-refractivity contribution in [1.82, 2.24) is 9.38 Å². The minimum Gasteiger partial charge on any atom is -0.478 e. The summed E-state index contributed by atoms with van der Waals surface area (Å²) in [6.45, 7) is 0. The van der Waals surface area contributed by atoms with Crippen molar-refractivity contribution >= 4 is 29.0 Å². The number of benzene rings is 1. The number of carboxylic acid groups (broad SMARTS) is 1. The lowest BCUT2D eigenvalue weighted by atomic mass is 9.90. The van der Waals surface area contributed by atoms with Crippen molar-refractivity contribution in [3.8, 4) is 0 Å². The Labute approximate surface area is 149 Å². The number of rotatable bonds is 2. The van der Waals surface area contributed by atoms with E-state index in [9.17, 15) is 9.59 Å². The monoisotopic (exact) mass is 347 g/mol. The standard InChI is InChI=1S/C20H17N3O3/c21-15-5-1-3-12(10-15)9-13-4-2-6-16-18(13)22-17-8-7-14(20(25)26)11-23(17)19(16)24/h1,3,5,7-11H,2,4,6,21H2,(H,25,26)/b13-9-. The Morgan fingerprint density at radius 2 is 2.08 bits per heavy atom. The molecule has 6 heteroatoms. The molecular formula is C20H17N3O3. The smallest absolute Gasteiger partial charge is 0.337 e. The van der Waals surface area contributed by atoms with Gasteiger partial charge in [0.2, 0.25) is 0 Å². The maximum atomic E-state index is 12.9. The van der Waals surface area contributed by atoms with Gasteiger partial charge in [-0.25, -0.2) is 9.78 Å². The molecule has 130 valence electrons. The van der Waals surface area contributed by atoms with E-state index in [1.165, 1.54) is 16.7 Å². The molecule has 2 aromatic heterocycles. The van der Waals surface area contributed by atoms with Crippen molar-refractivity contribution in [3.63, 3.8) is 0 Å². The number of pyridine rings is 1. The quantitative estimate of drug-likeness (QED) is 0.695. The first-order chi connectivity index (χ1) is 12.5. The second-order valence-electron chi connectivity index (χ2n) is 6.39. The lowest BCUT2D eigenvalue weighted by molar-refractivity contribution is 0.0696. The number of nitrogens with zero attached hydrogens (tertiary/aromatic N) is 2. The highest BCUT2D eigenvalue weighted by atomic mass is 16.4. The second-order valence-corrected chi connectivity index (χ2v) is 6.39. The van der Waals surface area contributed by atoms with Crippen LogP contribution in [0.15, 0.2) is 47.4 Å². The lowest BCUT2D eigenvalue weighted by Gasteiger charge is -2.18. The zero-order valence-corrected chi connectivity index (χ0v) is 14.0. The van der Waals surface area contributed by atoms with Crippen LogP contribution in [0.5, 0.6) is 0 Å². The highest BCUT2D eigenvalue weighted by Crippen LogP contribution is 2.30. The molecule has 26 heavy (non-hydrogen) atoms. The molecule has 4 rings (SSSR count). The molecule has 0 spiro atoms. The van der Waals surface area contributed by atoms with E-state index in [2.05, 4.69) is 4.98 Å². The third-order valence-corrected chi connectivity index (χ3v) is 4.59. The van der Waals surface area contributed by atoms with Crippen molar-refractivity contribution in [2.45, 2.75) is 19.3 Å². The minimum atomic E-state index is -1.07. The summed E-state index contributed by atoms with van der Waals surface area (Å²) < 4.78 is 1.33. The fourth-order valence-electron chi connectivity index (χ4n) is 3.36. The summed E-state index contributed by atoms with van der Waals surface area (Å²) in [5, 5.41) is 9.15. The Morgan fingerprint density at radius 3 is 2.85 bits per heavy atom. The van der Waals surface area contributed by atoms with Crippen molar-refractivity contribution in [3.05, 3.63) is 75.3 Å². The van der Waals surface area contributed by atoms with Gasteiger partial charge in [0.15, 0.2) is 0 Å². The molecule has 0 atom stereocenters. The molecule has 1 aliphatic rings. The van der Waals surface area contributed by atoms with Gasteiger partial charge < -0.3 is 10.8 Å². The molecule has 0 bridgehead atoms. The van der Waals surface area contributed by atoms with Crippen LogP contribution in [0.1, 0.15) is 40.0 Å². The highest BCUT2D eigenvalue weighted by Gasteiger charge is 2.21. The molecule has 0 aliphatic heterocycles. The zero-order chi connectivity index (χ0) is 18.3. The predicted molar refractivity (Wildman–Crippen MR) is 100 cm³/mol. The van der Waals surface area contributed by atoms with Crippen LogP contribution in [-0.2, 0) is 6.42 Å². The van der Waals surface area contributed by atoms with E-state index in [4.69, 9.17) is 10.8 Å². The van der Waals surface area contributed by atoms with E-state index >= 15 is 0 Å². The zero-order valence-electron chi connectivity index (χ0n) is 14.0. The Kier molecular flexibility index (Phi) is 3.80. The summed E-state index contributed by atoms with van der Waals surface area (Å²) in [5.74, 6) is -1.07. The molecule has 0 fully saturated rings. The van der Waals surface area contributed by atoms with Gasteiger partial charge in [0.25, 0.3) is 5.56 Å². The third kappa shape index (κ3) is 2.75. The topological polar surface area (TPSA) is 97.7 Å². The van der Waals surface area contributed by atoms with Crippen molar-refractivity contribution in [2.24, 2.45) is 0 Å². The molecule has 3 N–H and O–H groups in total. The van der Waals surface area contributed by atoms with Gasteiger partial charge in [-0.05, 0) is 60.7 Å². The number of allylic oxidation sites excluding steroid dienone is 1. The normalized spacial score (nSPS) is 15.2. The molecular weight excluding hydrogens is 330 g/mol. The van der Waals surface area contributed by atoms with Crippen LogP contribution < -0.4 is 11.3 Å². The van der Waals surface area contributed by atoms with E-state index in [0.29, 0.717) is 29.0 Å². The van der Waals surface area contributed by atoms with Crippen LogP contribution in [0.25, 0.3) is 17.3 Å². The maximum absolute atomic E-state index is 12.9. The molecule has 3 aromatic rings. The van der Waals surface area contributed by atoms with Gasteiger partial charge >= 0.3 is 5.97 Å². The Bertz CT molecular complexity index is 1130. The number of nitrogens with two attached hydrogens (primary N) is 1. The first-order valence-electron chi connectivity index (χ1n) is 8.38. The average molecular weight is 347 g/mol. The van der Waals surface area contributed by atoms with Crippen LogP contribution in [0.2, 0.25) is 0 Å². The van der Waals surface area contributed by atoms with Crippen LogP contribution >= 0.6 is 0 Å². The summed E-state index contributed by atoms with van der Waals surface area (Å²) >= 11 is 0. The molecule has 2 heterocycles. The maximum Gasteiger partial charge on any atom is 0.337 e. The molecule has 1 aromatic carbocycles. The van der Waals surface area contributed by atoms with Gasteiger partial charge in [-0.2, -0.15) is 0 Å². The van der Waals surface area contributed by atoms with Gasteiger partial charge in [-0.1, -0.05) is 12.1 Å². The number of hydrogen-bond acceptors (Lipinski definition) is 4. The fourth-order valence-corrected chi connectivity index (χ4v) is 3.36. The number of nitrogen functional groups attached to an aromatic ring is 1. The van der Waals surface area contributed by atoms with Crippen molar-refractivity contribution < 1.29 is 9.90 Å². The lowest BCUT2D eigenvalue weighted by Crippen LogP contribution is -2.25. The summed E-state index contributed by atoms with van der Waals surface area (Å²) in [6, 6.07) is 10.6. The Hall–Kier alpha value is -3.41. The largest absolute Gasteiger partial charge is 0.478 e. The SMILES string of the molecule is Nc1cccc(/C=C2/CCCc3c2nc2ccc(C(=O)O)cn2c3=O)c1. The molecule has 0 amide bonds. The molecule has 0 saturated heterocycles. The van der Waals surface area contributed by atoms with Gasteiger partial charge in [0.05, 0.1) is 11.3 Å². The number of anilines is 1. The molecule has 1 aliphatic carbocycles. The van der Waals surface area contributed by atoms with Crippen LogP contribution in [0.3, 0.4) is 0 Å². The van der Waals surface area contributed by atoms with Crippen molar-refractivity contribution in [2.75, 3.05) is 5.73 Å². The highest BCUT2D eigenvalue weighted by molar-refractivity contribution is 5.88. The Balaban J connectivity index is 1.91. The first kappa shape index (κ1) is 16.1. The van der Waals surface area contributed by atoms with Gasteiger partial charge in [0, 0.05) is 17.4 Å². The number of aromatic carboxylic acids is 1. The van der Waals surface area contributed by atoms with E-state index in [0.717, 1.165) is 24.0 Å². The summed E-state index contributed by atoms with van der Waals surface area (Å²) in [4.78, 5) is 28.7. The fraction of sp³-hybridized carbons (Fsp3) is 0.150. The summed E-state index contributed by atoms with van der Waals surface area (Å²) in [7, 11) is 0. The van der Waals surface area contributed by atoms with Gasteiger partial charge in [-0.15, -0.1) is 0 Å². The average Bonchev–Trinajstić information content (AvgIpc) is 2.62. The van der Waals surface area contributed by atoms with E-state index < -0.39 is 5.97 Å².